The van der Waals surface area contributed by atoms with Crippen molar-refractivity contribution < 1.29 is 5.11 Å². The van der Waals surface area contributed by atoms with Gasteiger partial charge in [-0.15, -0.1) is 11.3 Å². The fourth-order valence-corrected chi connectivity index (χ4v) is 4.88. The van der Waals surface area contributed by atoms with Crippen LogP contribution in [0.2, 0.25) is 0 Å². The third-order valence-electron chi connectivity index (χ3n) is 5.89. The zero-order valence-electron chi connectivity index (χ0n) is 11.4. The van der Waals surface area contributed by atoms with Gasteiger partial charge in [-0.2, -0.15) is 0 Å². The molecule has 2 bridgehead atoms. The van der Waals surface area contributed by atoms with Crippen LogP contribution in [0.1, 0.15) is 38.5 Å². The summed E-state index contributed by atoms with van der Waals surface area (Å²) in [6.45, 7) is 7.83. The van der Waals surface area contributed by atoms with E-state index in [-0.39, 0.29) is 23.0 Å². The van der Waals surface area contributed by atoms with Crippen LogP contribution in [0.3, 0.4) is 0 Å². The number of thiophene rings is 1. The highest BCUT2D eigenvalue weighted by molar-refractivity contribution is 7.09. The number of hydrogen-bond donors (Lipinski definition) is 2. The van der Waals surface area contributed by atoms with Gasteiger partial charge in [-0.1, -0.05) is 26.8 Å². The summed E-state index contributed by atoms with van der Waals surface area (Å²) in [5.41, 5.74) is 0.338. The fourth-order valence-electron chi connectivity index (χ4n) is 4.22. The van der Waals surface area contributed by atoms with E-state index in [4.69, 9.17) is 0 Å². The molecule has 3 rings (SSSR count). The molecule has 0 radical (unpaired) electrons. The average Bonchev–Trinajstić information content (AvgIpc) is 2.93. The molecule has 100 valence electrons. The van der Waals surface area contributed by atoms with Crippen molar-refractivity contribution in [3.05, 3.63) is 22.4 Å². The highest BCUT2D eigenvalue weighted by Gasteiger charge is 2.65. The van der Waals surface area contributed by atoms with Crippen molar-refractivity contribution in [2.24, 2.45) is 16.7 Å². The van der Waals surface area contributed by atoms with Crippen LogP contribution in [0.25, 0.3) is 0 Å². The Bertz CT molecular complexity index is 428. The van der Waals surface area contributed by atoms with Crippen molar-refractivity contribution in [3.63, 3.8) is 0 Å². The van der Waals surface area contributed by atoms with Gasteiger partial charge < -0.3 is 10.4 Å². The standard InChI is InChI=1S/C15H23NOS/c1-14(2)11-6-7-15(14,3)13(17)12(11)16-9-10-5-4-8-18-10/h4-5,8,11-13,16-17H,6-7,9H2,1-3H3. The number of aliphatic hydroxyl groups is 1. The normalized spacial score (nSPS) is 41.4. The maximum Gasteiger partial charge on any atom is 0.0754 e. The highest BCUT2D eigenvalue weighted by atomic mass is 32.1. The van der Waals surface area contributed by atoms with Crippen LogP contribution in [0.4, 0.5) is 0 Å². The molecule has 0 aromatic carbocycles. The number of rotatable bonds is 3. The van der Waals surface area contributed by atoms with E-state index in [1.807, 2.05) is 0 Å². The second-order valence-electron chi connectivity index (χ2n) is 6.72. The minimum atomic E-state index is -0.203. The quantitative estimate of drug-likeness (QED) is 0.880. The Hall–Kier alpha value is -0.380. The predicted octanol–water partition coefficient (Wildman–Crippen LogP) is 3.02. The molecule has 0 amide bonds. The molecule has 2 N–H and O–H groups in total. The third kappa shape index (κ3) is 1.54. The van der Waals surface area contributed by atoms with Crippen molar-refractivity contribution >= 4 is 11.3 Å². The van der Waals surface area contributed by atoms with Crippen molar-refractivity contribution in [1.82, 2.24) is 5.32 Å². The lowest BCUT2D eigenvalue weighted by molar-refractivity contribution is -0.000138. The second-order valence-corrected chi connectivity index (χ2v) is 7.75. The van der Waals surface area contributed by atoms with Gasteiger partial charge in [0.2, 0.25) is 0 Å². The molecule has 2 aliphatic carbocycles. The van der Waals surface area contributed by atoms with E-state index in [1.54, 1.807) is 11.3 Å². The molecule has 1 aromatic heterocycles. The minimum Gasteiger partial charge on any atom is -0.391 e. The van der Waals surface area contributed by atoms with E-state index in [0.717, 1.165) is 6.54 Å². The molecule has 2 aliphatic rings. The van der Waals surface area contributed by atoms with Gasteiger partial charge in [-0.25, -0.2) is 0 Å². The molecular formula is C15H23NOS. The first-order valence-corrected chi connectivity index (χ1v) is 7.78. The summed E-state index contributed by atoms with van der Waals surface area (Å²) in [6, 6.07) is 4.51. The largest absolute Gasteiger partial charge is 0.391 e. The van der Waals surface area contributed by atoms with Crippen LogP contribution in [0.15, 0.2) is 17.5 Å². The van der Waals surface area contributed by atoms with Gasteiger partial charge in [0.05, 0.1) is 6.10 Å². The van der Waals surface area contributed by atoms with Crippen molar-refractivity contribution in [2.75, 3.05) is 0 Å². The van der Waals surface area contributed by atoms with E-state index < -0.39 is 0 Å². The SMILES string of the molecule is CC1(C)C2CCC1(C)C(O)C2NCc1cccs1. The van der Waals surface area contributed by atoms with E-state index in [1.165, 1.54) is 17.7 Å². The monoisotopic (exact) mass is 265 g/mol. The van der Waals surface area contributed by atoms with E-state index >= 15 is 0 Å². The summed E-state index contributed by atoms with van der Waals surface area (Å²) in [5, 5.41) is 16.4. The first kappa shape index (κ1) is 12.6. The van der Waals surface area contributed by atoms with E-state index in [0.29, 0.717) is 5.92 Å². The van der Waals surface area contributed by atoms with Gasteiger partial charge in [0.1, 0.15) is 0 Å². The zero-order valence-corrected chi connectivity index (χ0v) is 12.3. The maximum atomic E-state index is 10.6. The van der Waals surface area contributed by atoms with Crippen LogP contribution in [0, 0.1) is 16.7 Å². The summed E-state index contributed by atoms with van der Waals surface area (Å²) in [7, 11) is 0. The highest BCUT2D eigenvalue weighted by Crippen LogP contribution is 2.65. The van der Waals surface area contributed by atoms with Gasteiger partial charge in [0.15, 0.2) is 0 Å². The number of nitrogens with one attached hydrogen (secondary N) is 1. The van der Waals surface area contributed by atoms with Crippen LogP contribution in [-0.2, 0) is 6.54 Å². The van der Waals surface area contributed by atoms with Gasteiger partial charge in [0.25, 0.3) is 0 Å². The first-order valence-electron chi connectivity index (χ1n) is 6.90. The molecule has 2 nitrogen and oxygen atoms in total. The Kier molecular flexibility index (Phi) is 2.85. The molecule has 0 spiro atoms. The Labute approximate surface area is 113 Å². The zero-order chi connectivity index (χ0) is 13.0. The van der Waals surface area contributed by atoms with Crippen LogP contribution in [0.5, 0.6) is 0 Å². The van der Waals surface area contributed by atoms with E-state index in [2.05, 4.69) is 43.6 Å². The second kappa shape index (κ2) is 4.06. The van der Waals surface area contributed by atoms with Crippen LogP contribution < -0.4 is 5.32 Å². The van der Waals surface area contributed by atoms with Crippen molar-refractivity contribution in [3.8, 4) is 0 Å². The molecule has 4 atom stereocenters. The number of fused-ring (bicyclic) bond motifs is 2. The maximum absolute atomic E-state index is 10.6. The molecule has 0 saturated heterocycles. The van der Waals surface area contributed by atoms with Gasteiger partial charge >= 0.3 is 0 Å². The smallest absolute Gasteiger partial charge is 0.0754 e. The van der Waals surface area contributed by atoms with E-state index in [9.17, 15) is 5.11 Å². The lowest BCUT2D eigenvalue weighted by Crippen LogP contribution is -2.46. The Morgan fingerprint density at radius 1 is 1.44 bits per heavy atom. The molecule has 3 heteroatoms. The molecule has 18 heavy (non-hydrogen) atoms. The molecule has 0 aliphatic heterocycles. The van der Waals surface area contributed by atoms with Crippen molar-refractivity contribution in [1.29, 1.82) is 0 Å². The topological polar surface area (TPSA) is 32.3 Å². The molecule has 2 saturated carbocycles. The van der Waals surface area contributed by atoms with Crippen LogP contribution >= 0.6 is 11.3 Å². The summed E-state index contributed by atoms with van der Waals surface area (Å²) in [4.78, 5) is 1.35. The van der Waals surface area contributed by atoms with Gasteiger partial charge in [-0.3, -0.25) is 0 Å². The Morgan fingerprint density at radius 2 is 2.22 bits per heavy atom. The van der Waals surface area contributed by atoms with Crippen molar-refractivity contribution in [2.45, 2.75) is 52.3 Å². The summed E-state index contributed by atoms with van der Waals surface area (Å²) >= 11 is 1.78. The van der Waals surface area contributed by atoms with Crippen LogP contribution in [-0.4, -0.2) is 17.3 Å². The summed E-state index contributed by atoms with van der Waals surface area (Å²) in [6.07, 6.45) is 2.22. The lowest BCUT2D eigenvalue weighted by Gasteiger charge is -2.37. The number of aliphatic hydroxyl groups excluding tert-OH is 1. The molecule has 4 unspecified atom stereocenters. The molecular weight excluding hydrogens is 242 g/mol. The minimum absolute atomic E-state index is 0.0881. The molecule has 1 heterocycles. The first-order chi connectivity index (χ1) is 8.47. The van der Waals surface area contributed by atoms with Gasteiger partial charge in [-0.05, 0) is 35.6 Å². The summed E-state index contributed by atoms with van der Waals surface area (Å²) < 4.78 is 0. The van der Waals surface area contributed by atoms with Gasteiger partial charge in [0, 0.05) is 22.9 Å². The number of hydrogen-bond acceptors (Lipinski definition) is 3. The third-order valence-corrected chi connectivity index (χ3v) is 6.77. The Balaban J connectivity index is 1.75. The molecule has 1 aromatic rings. The predicted molar refractivity (Wildman–Crippen MR) is 75.6 cm³/mol. The fraction of sp³-hybridized carbons (Fsp3) is 0.733. The summed E-state index contributed by atoms with van der Waals surface area (Å²) in [5.74, 6) is 0.609. The molecule has 2 fully saturated rings. The Morgan fingerprint density at radius 3 is 2.78 bits per heavy atom. The average molecular weight is 265 g/mol. The lowest BCUT2D eigenvalue weighted by atomic mass is 9.70.